The quantitative estimate of drug-likeness (QED) is 0.659. The van der Waals surface area contributed by atoms with Crippen molar-refractivity contribution >= 4 is 44.3 Å². The van der Waals surface area contributed by atoms with Gasteiger partial charge in [0.25, 0.3) is 0 Å². The number of hydrogen-bond acceptors (Lipinski definition) is 6. The van der Waals surface area contributed by atoms with Crippen molar-refractivity contribution in [1.82, 2.24) is 9.88 Å². The number of aliphatic carboxylic acids is 1. The Morgan fingerprint density at radius 3 is 2.61 bits per heavy atom. The number of halogens is 1. The van der Waals surface area contributed by atoms with Crippen molar-refractivity contribution < 1.29 is 14.6 Å². The standard InChI is InChI=1S/C20H20ClN3O3S/c21-15-3-6-17-18(11-15)28-20(22-17)24-9-7-23(8-10-24)12-14-1-4-16(5-2-14)27-13-19(25)26/h1-6,11H,7-10,12-13H2,(H,25,26). The molecule has 0 radical (unpaired) electrons. The Labute approximate surface area is 171 Å². The van der Waals surface area contributed by atoms with E-state index >= 15 is 0 Å². The molecule has 4 rings (SSSR count). The number of rotatable bonds is 6. The molecule has 0 spiro atoms. The van der Waals surface area contributed by atoms with Gasteiger partial charge in [0.15, 0.2) is 11.7 Å². The van der Waals surface area contributed by atoms with Crippen LogP contribution in [0.15, 0.2) is 42.5 Å². The molecule has 146 valence electrons. The van der Waals surface area contributed by atoms with E-state index in [4.69, 9.17) is 26.4 Å². The van der Waals surface area contributed by atoms with Crippen LogP contribution in [0.5, 0.6) is 5.75 Å². The number of benzene rings is 2. The van der Waals surface area contributed by atoms with Gasteiger partial charge in [0, 0.05) is 37.7 Å². The number of aromatic nitrogens is 1. The third-order valence-electron chi connectivity index (χ3n) is 4.67. The van der Waals surface area contributed by atoms with Gasteiger partial charge in [0.1, 0.15) is 5.75 Å². The Morgan fingerprint density at radius 2 is 1.89 bits per heavy atom. The second-order valence-electron chi connectivity index (χ2n) is 6.70. The van der Waals surface area contributed by atoms with Crippen LogP contribution in [0.4, 0.5) is 5.13 Å². The van der Waals surface area contributed by atoms with E-state index in [9.17, 15) is 4.79 Å². The maximum atomic E-state index is 10.6. The maximum absolute atomic E-state index is 10.6. The molecule has 1 aromatic heterocycles. The van der Waals surface area contributed by atoms with E-state index in [1.54, 1.807) is 11.3 Å². The van der Waals surface area contributed by atoms with Crippen LogP contribution in [-0.2, 0) is 11.3 Å². The van der Waals surface area contributed by atoms with E-state index in [0.29, 0.717) is 5.75 Å². The van der Waals surface area contributed by atoms with Gasteiger partial charge in [-0.15, -0.1) is 0 Å². The fraction of sp³-hybridized carbons (Fsp3) is 0.300. The van der Waals surface area contributed by atoms with Gasteiger partial charge in [-0.2, -0.15) is 0 Å². The molecule has 28 heavy (non-hydrogen) atoms. The normalized spacial score (nSPS) is 15.1. The molecule has 2 aromatic carbocycles. The number of ether oxygens (including phenoxy) is 1. The zero-order chi connectivity index (χ0) is 19.5. The van der Waals surface area contributed by atoms with Crippen LogP contribution in [-0.4, -0.2) is 53.7 Å². The molecule has 0 bridgehead atoms. The van der Waals surface area contributed by atoms with Crippen molar-refractivity contribution in [2.75, 3.05) is 37.7 Å². The molecule has 0 aliphatic carbocycles. The highest BCUT2D eigenvalue weighted by Gasteiger charge is 2.20. The lowest BCUT2D eigenvalue weighted by Crippen LogP contribution is -2.45. The number of thiazole rings is 1. The van der Waals surface area contributed by atoms with Crippen molar-refractivity contribution in [3.8, 4) is 5.75 Å². The molecule has 1 fully saturated rings. The van der Waals surface area contributed by atoms with Gasteiger partial charge >= 0.3 is 5.97 Å². The smallest absolute Gasteiger partial charge is 0.341 e. The fourth-order valence-electron chi connectivity index (χ4n) is 3.21. The van der Waals surface area contributed by atoms with Crippen LogP contribution in [0.2, 0.25) is 5.02 Å². The Kier molecular flexibility index (Phi) is 5.66. The van der Waals surface area contributed by atoms with Crippen molar-refractivity contribution in [1.29, 1.82) is 0 Å². The van der Waals surface area contributed by atoms with Crippen molar-refractivity contribution in [3.05, 3.63) is 53.1 Å². The average molecular weight is 418 g/mol. The van der Waals surface area contributed by atoms with E-state index < -0.39 is 5.97 Å². The number of piperazine rings is 1. The van der Waals surface area contributed by atoms with E-state index in [1.807, 2.05) is 42.5 Å². The molecule has 1 aliphatic rings. The zero-order valence-electron chi connectivity index (χ0n) is 15.2. The van der Waals surface area contributed by atoms with Gasteiger partial charge in [0.2, 0.25) is 0 Å². The summed E-state index contributed by atoms with van der Waals surface area (Å²) in [5.74, 6) is -0.398. The largest absolute Gasteiger partial charge is 0.482 e. The highest BCUT2D eigenvalue weighted by atomic mass is 35.5. The molecule has 6 nitrogen and oxygen atoms in total. The lowest BCUT2D eigenvalue weighted by molar-refractivity contribution is -0.139. The first-order valence-electron chi connectivity index (χ1n) is 9.04. The lowest BCUT2D eigenvalue weighted by atomic mass is 10.2. The molecule has 3 aromatic rings. The molecule has 0 unspecified atom stereocenters. The average Bonchev–Trinajstić information content (AvgIpc) is 3.11. The van der Waals surface area contributed by atoms with Crippen LogP contribution >= 0.6 is 22.9 Å². The van der Waals surface area contributed by atoms with Crippen molar-refractivity contribution in [3.63, 3.8) is 0 Å². The highest BCUT2D eigenvalue weighted by Crippen LogP contribution is 2.31. The first-order chi connectivity index (χ1) is 13.6. The minimum absolute atomic E-state index is 0.320. The van der Waals surface area contributed by atoms with Crippen LogP contribution < -0.4 is 9.64 Å². The molecule has 8 heteroatoms. The van der Waals surface area contributed by atoms with Gasteiger partial charge in [-0.3, -0.25) is 4.90 Å². The Morgan fingerprint density at radius 1 is 1.14 bits per heavy atom. The first kappa shape index (κ1) is 19.0. The molecule has 1 saturated heterocycles. The SMILES string of the molecule is O=C(O)COc1ccc(CN2CCN(c3nc4ccc(Cl)cc4s3)CC2)cc1. The molecule has 0 amide bonds. The predicted molar refractivity (Wildman–Crippen MR) is 112 cm³/mol. The van der Waals surface area contributed by atoms with E-state index in [-0.39, 0.29) is 6.61 Å². The summed E-state index contributed by atoms with van der Waals surface area (Å²) >= 11 is 7.76. The van der Waals surface area contributed by atoms with Gasteiger partial charge in [-0.05, 0) is 35.9 Å². The molecular formula is C20H20ClN3O3S. The summed E-state index contributed by atoms with van der Waals surface area (Å²) in [6, 6.07) is 13.4. The summed E-state index contributed by atoms with van der Waals surface area (Å²) in [4.78, 5) is 20.0. The summed E-state index contributed by atoms with van der Waals surface area (Å²) in [5, 5.41) is 10.5. The summed E-state index contributed by atoms with van der Waals surface area (Å²) in [7, 11) is 0. The van der Waals surface area contributed by atoms with Gasteiger partial charge < -0.3 is 14.7 Å². The van der Waals surface area contributed by atoms with E-state index in [0.717, 1.165) is 53.1 Å². The number of carboxylic acid groups (broad SMARTS) is 1. The summed E-state index contributed by atoms with van der Waals surface area (Å²) in [6.45, 7) is 4.35. The summed E-state index contributed by atoms with van der Waals surface area (Å²) in [5.41, 5.74) is 2.18. The number of carboxylic acids is 1. The number of fused-ring (bicyclic) bond motifs is 1. The molecular weight excluding hydrogens is 398 g/mol. The minimum Gasteiger partial charge on any atom is -0.482 e. The van der Waals surface area contributed by atoms with Gasteiger partial charge in [-0.25, -0.2) is 9.78 Å². The van der Waals surface area contributed by atoms with Crippen molar-refractivity contribution in [2.45, 2.75) is 6.54 Å². The van der Waals surface area contributed by atoms with Crippen LogP contribution in [0.3, 0.4) is 0 Å². The fourth-order valence-corrected chi connectivity index (χ4v) is 4.51. The second kappa shape index (κ2) is 8.34. The van der Waals surface area contributed by atoms with Crippen LogP contribution in [0.25, 0.3) is 10.2 Å². The second-order valence-corrected chi connectivity index (χ2v) is 8.14. The third kappa shape index (κ3) is 4.55. The van der Waals surface area contributed by atoms with E-state index in [2.05, 4.69) is 9.80 Å². The monoisotopic (exact) mass is 417 g/mol. The Balaban J connectivity index is 1.31. The Hall–Kier alpha value is -2.35. The summed E-state index contributed by atoms with van der Waals surface area (Å²) < 4.78 is 6.29. The first-order valence-corrected chi connectivity index (χ1v) is 10.2. The molecule has 0 saturated carbocycles. The summed E-state index contributed by atoms with van der Waals surface area (Å²) in [6.07, 6.45) is 0. The molecule has 0 atom stereocenters. The van der Waals surface area contributed by atoms with Crippen molar-refractivity contribution in [2.24, 2.45) is 0 Å². The van der Waals surface area contributed by atoms with E-state index in [1.165, 1.54) is 5.56 Å². The topological polar surface area (TPSA) is 65.9 Å². The number of hydrogen-bond donors (Lipinski definition) is 1. The van der Waals surface area contributed by atoms with Crippen LogP contribution in [0, 0.1) is 0 Å². The van der Waals surface area contributed by atoms with Gasteiger partial charge in [-0.1, -0.05) is 35.1 Å². The van der Waals surface area contributed by atoms with Crippen LogP contribution in [0.1, 0.15) is 5.56 Å². The van der Waals surface area contributed by atoms with Gasteiger partial charge in [0.05, 0.1) is 10.2 Å². The Bertz CT molecular complexity index is 968. The molecule has 1 aliphatic heterocycles. The molecule has 2 heterocycles. The third-order valence-corrected chi connectivity index (χ3v) is 5.99. The number of carbonyl (C=O) groups is 1. The minimum atomic E-state index is -0.974. The molecule has 1 N–H and O–H groups in total. The lowest BCUT2D eigenvalue weighted by Gasteiger charge is -2.34. The number of nitrogens with zero attached hydrogens (tertiary/aromatic N) is 3. The maximum Gasteiger partial charge on any atom is 0.341 e. The number of anilines is 1. The highest BCUT2D eigenvalue weighted by molar-refractivity contribution is 7.22. The zero-order valence-corrected chi connectivity index (χ0v) is 16.7. The predicted octanol–water partition coefficient (Wildman–Crippen LogP) is 3.74.